The second-order valence-corrected chi connectivity index (χ2v) is 4.36. The van der Waals surface area contributed by atoms with Gasteiger partial charge in [-0.3, -0.25) is 9.78 Å². The first-order chi connectivity index (χ1) is 8.72. The number of rotatable bonds is 2. The number of oxazole rings is 1. The van der Waals surface area contributed by atoms with Crippen LogP contribution in [0.15, 0.2) is 27.4 Å². The predicted octanol–water partition coefficient (Wildman–Crippen LogP) is 1.23. The van der Waals surface area contributed by atoms with Crippen molar-refractivity contribution in [2.75, 3.05) is 11.9 Å². The molecule has 0 bridgehead atoms. The van der Waals surface area contributed by atoms with Gasteiger partial charge in [-0.15, -0.1) is 12.4 Å². The van der Waals surface area contributed by atoms with Crippen LogP contribution in [0, 0.1) is 0 Å². The van der Waals surface area contributed by atoms with Crippen LogP contribution in [0.4, 0.5) is 5.69 Å². The van der Waals surface area contributed by atoms with E-state index in [1.165, 1.54) is 0 Å². The molecule has 1 aliphatic rings. The molecule has 1 amide bonds. The summed E-state index contributed by atoms with van der Waals surface area (Å²) in [6, 6.07) is 4.94. The summed E-state index contributed by atoms with van der Waals surface area (Å²) in [5.41, 5.74) is 1.72. The largest absolute Gasteiger partial charge is 0.417 e. The Kier molecular flexibility index (Phi) is 3.92. The summed E-state index contributed by atoms with van der Waals surface area (Å²) in [5, 5.41) is 5.95. The van der Waals surface area contributed by atoms with Crippen molar-refractivity contribution >= 4 is 35.1 Å². The van der Waals surface area contributed by atoms with E-state index in [0.717, 1.165) is 19.4 Å². The van der Waals surface area contributed by atoms with Crippen LogP contribution in [0.5, 0.6) is 0 Å². The van der Waals surface area contributed by atoms with Crippen molar-refractivity contribution in [3.05, 3.63) is 28.7 Å². The monoisotopic (exact) mass is 283 g/mol. The van der Waals surface area contributed by atoms with Gasteiger partial charge in [0, 0.05) is 5.69 Å². The minimum atomic E-state index is -0.495. The molecule has 0 saturated carbocycles. The summed E-state index contributed by atoms with van der Waals surface area (Å²) in [7, 11) is 0. The highest BCUT2D eigenvalue weighted by Gasteiger charge is 2.21. The van der Waals surface area contributed by atoms with Crippen LogP contribution in [0.3, 0.4) is 0 Å². The van der Waals surface area contributed by atoms with Crippen molar-refractivity contribution in [2.24, 2.45) is 0 Å². The van der Waals surface area contributed by atoms with Gasteiger partial charge in [-0.05, 0) is 37.6 Å². The van der Waals surface area contributed by atoms with E-state index in [0.29, 0.717) is 16.8 Å². The maximum Gasteiger partial charge on any atom is 0.417 e. The van der Waals surface area contributed by atoms with Gasteiger partial charge in [-0.25, -0.2) is 4.79 Å². The Labute approximate surface area is 115 Å². The number of amides is 1. The van der Waals surface area contributed by atoms with Crippen molar-refractivity contribution < 1.29 is 9.21 Å². The van der Waals surface area contributed by atoms with Crippen molar-refractivity contribution in [2.45, 2.75) is 18.9 Å². The molecule has 1 fully saturated rings. The van der Waals surface area contributed by atoms with Gasteiger partial charge in [-0.1, -0.05) is 0 Å². The Bertz CT molecular complexity index is 643. The SMILES string of the molecule is Cl.O=C(Nc1ccc2oc(=O)[nH]c2c1)[C@@H]1CCCN1. The normalized spacial score (nSPS) is 18.2. The molecule has 7 heteroatoms. The van der Waals surface area contributed by atoms with Gasteiger partial charge in [0.25, 0.3) is 0 Å². The molecule has 102 valence electrons. The molecule has 2 heterocycles. The molecule has 1 aromatic carbocycles. The van der Waals surface area contributed by atoms with Crippen LogP contribution in [-0.4, -0.2) is 23.5 Å². The maximum atomic E-state index is 11.9. The quantitative estimate of drug-likeness (QED) is 0.774. The molecule has 1 aliphatic heterocycles. The van der Waals surface area contributed by atoms with Crippen LogP contribution in [-0.2, 0) is 4.79 Å². The van der Waals surface area contributed by atoms with E-state index in [9.17, 15) is 9.59 Å². The van der Waals surface area contributed by atoms with E-state index in [-0.39, 0.29) is 24.4 Å². The zero-order valence-corrected chi connectivity index (χ0v) is 10.9. The van der Waals surface area contributed by atoms with Gasteiger partial charge in [0.05, 0.1) is 11.6 Å². The fourth-order valence-electron chi connectivity index (χ4n) is 2.17. The van der Waals surface area contributed by atoms with E-state index < -0.39 is 5.76 Å². The number of aromatic nitrogens is 1. The van der Waals surface area contributed by atoms with E-state index in [2.05, 4.69) is 15.6 Å². The van der Waals surface area contributed by atoms with Crippen molar-refractivity contribution in [1.82, 2.24) is 10.3 Å². The Morgan fingerprint density at radius 3 is 3.00 bits per heavy atom. The van der Waals surface area contributed by atoms with Crippen molar-refractivity contribution in [1.29, 1.82) is 0 Å². The molecule has 6 nitrogen and oxygen atoms in total. The maximum absolute atomic E-state index is 11.9. The number of carbonyl (C=O) groups is 1. The van der Waals surface area contributed by atoms with Gasteiger partial charge < -0.3 is 15.1 Å². The highest BCUT2D eigenvalue weighted by Crippen LogP contribution is 2.17. The number of benzene rings is 1. The molecule has 2 aromatic rings. The third-order valence-electron chi connectivity index (χ3n) is 3.06. The van der Waals surface area contributed by atoms with Crippen LogP contribution >= 0.6 is 12.4 Å². The lowest BCUT2D eigenvalue weighted by Gasteiger charge is -2.10. The number of halogens is 1. The summed E-state index contributed by atoms with van der Waals surface area (Å²) in [6.07, 6.45) is 1.88. The van der Waals surface area contributed by atoms with Crippen molar-refractivity contribution in [3.8, 4) is 0 Å². The number of anilines is 1. The smallest absolute Gasteiger partial charge is 0.408 e. The van der Waals surface area contributed by atoms with Gasteiger partial charge in [0.2, 0.25) is 5.91 Å². The molecule has 0 aliphatic carbocycles. The lowest BCUT2D eigenvalue weighted by atomic mass is 10.2. The van der Waals surface area contributed by atoms with Crippen LogP contribution in [0.1, 0.15) is 12.8 Å². The number of H-pyrrole nitrogens is 1. The van der Waals surface area contributed by atoms with Crippen molar-refractivity contribution in [3.63, 3.8) is 0 Å². The topological polar surface area (TPSA) is 87.1 Å². The zero-order chi connectivity index (χ0) is 12.5. The molecule has 19 heavy (non-hydrogen) atoms. The van der Waals surface area contributed by atoms with E-state index in [4.69, 9.17) is 4.42 Å². The van der Waals surface area contributed by atoms with Crippen LogP contribution in [0.25, 0.3) is 11.1 Å². The Balaban J connectivity index is 0.00000133. The summed E-state index contributed by atoms with van der Waals surface area (Å²) >= 11 is 0. The number of hydrogen-bond acceptors (Lipinski definition) is 4. The number of nitrogens with one attached hydrogen (secondary N) is 3. The molecule has 0 unspecified atom stereocenters. The zero-order valence-electron chi connectivity index (χ0n) is 10.1. The molecule has 0 radical (unpaired) electrons. The fraction of sp³-hybridized carbons (Fsp3) is 0.333. The van der Waals surface area contributed by atoms with E-state index in [1.54, 1.807) is 18.2 Å². The highest BCUT2D eigenvalue weighted by molar-refractivity contribution is 5.96. The molecule has 3 rings (SSSR count). The minimum Gasteiger partial charge on any atom is -0.408 e. The summed E-state index contributed by atoms with van der Waals surface area (Å²) in [6.45, 7) is 0.881. The second kappa shape index (κ2) is 5.46. The molecular formula is C12H14ClN3O3. The molecule has 0 spiro atoms. The summed E-state index contributed by atoms with van der Waals surface area (Å²) in [4.78, 5) is 25.5. The standard InChI is InChI=1S/C12H13N3O3.ClH/c16-11(8-2-1-5-13-8)14-7-3-4-10-9(6-7)15-12(17)18-10;/h3-4,6,8,13H,1-2,5H2,(H,14,16)(H,15,17);1H/t8-;/m0./s1. The van der Waals surface area contributed by atoms with Gasteiger partial charge >= 0.3 is 5.76 Å². The first-order valence-corrected chi connectivity index (χ1v) is 5.89. The summed E-state index contributed by atoms with van der Waals surface area (Å²) < 4.78 is 4.89. The third-order valence-corrected chi connectivity index (χ3v) is 3.06. The highest BCUT2D eigenvalue weighted by atomic mass is 35.5. The number of hydrogen-bond donors (Lipinski definition) is 3. The number of fused-ring (bicyclic) bond motifs is 1. The predicted molar refractivity (Wildman–Crippen MR) is 73.7 cm³/mol. The van der Waals surface area contributed by atoms with Crippen LogP contribution in [0.2, 0.25) is 0 Å². The molecule has 3 N–H and O–H groups in total. The van der Waals surface area contributed by atoms with Gasteiger partial charge in [0.15, 0.2) is 5.58 Å². The molecule has 1 aromatic heterocycles. The number of carbonyl (C=O) groups excluding carboxylic acids is 1. The lowest BCUT2D eigenvalue weighted by molar-refractivity contribution is -0.117. The lowest BCUT2D eigenvalue weighted by Crippen LogP contribution is -2.35. The van der Waals surface area contributed by atoms with E-state index >= 15 is 0 Å². The number of aromatic amines is 1. The second-order valence-electron chi connectivity index (χ2n) is 4.36. The first kappa shape index (κ1) is 13.6. The van der Waals surface area contributed by atoms with E-state index in [1.807, 2.05) is 0 Å². The summed E-state index contributed by atoms with van der Waals surface area (Å²) in [5.74, 6) is -0.538. The average Bonchev–Trinajstić information content (AvgIpc) is 2.95. The average molecular weight is 284 g/mol. The Morgan fingerprint density at radius 1 is 1.42 bits per heavy atom. The molecule has 1 saturated heterocycles. The fourth-order valence-corrected chi connectivity index (χ4v) is 2.17. The van der Waals surface area contributed by atoms with Gasteiger partial charge in [-0.2, -0.15) is 0 Å². The Hall–Kier alpha value is -1.79. The first-order valence-electron chi connectivity index (χ1n) is 5.89. The molecule has 1 atom stereocenters. The van der Waals surface area contributed by atoms with Gasteiger partial charge in [0.1, 0.15) is 0 Å². The van der Waals surface area contributed by atoms with Crippen LogP contribution < -0.4 is 16.4 Å². The molecular weight excluding hydrogens is 270 g/mol. The Morgan fingerprint density at radius 2 is 2.26 bits per heavy atom. The minimum absolute atomic E-state index is 0. The third kappa shape index (κ3) is 2.80.